The first-order valence-corrected chi connectivity index (χ1v) is 4.74. The van der Waals surface area contributed by atoms with Gasteiger partial charge in [0.15, 0.2) is 0 Å². The van der Waals surface area contributed by atoms with E-state index in [1.54, 1.807) is 0 Å². The summed E-state index contributed by atoms with van der Waals surface area (Å²) in [5.41, 5.74) is 3.72. The van der Waals surface area contributed by atoms with Crippen LogP contribution in [0.5, 0.6) is 0 Å². The molecule has 1 heterocycles. The molecule has 0 radical (unpaired) electrons. The zero-order valence-electron chi connectivity index (χ0n) is 8.07. The predicted molar refractivity (Wildman–Crippen MR) is 52.5 cm³/mol. The number of morpholine rings is 1. The van der Waals surface area contributed by atoms with Crippen molar-refractivity contribution in [2.45, 2.75) is 12.7 Å². The van der Waals surface area contributed by atoms with Crippen molar-refractivity contribution in [1.29, 1.82) is 0 Å². The Hall–Kier alpha value is -1.20. The maximum atomic E-state index is 12.8. The summed E-state index contributed by atoms with van der Waals surface area (Å²) in [7, 11) is 0. The topological polar surface area (TPSA) is 24.5 Å². The largest absolute Gasteiger partial charge is 0.319 e. The van der Waals surface area contributed by atoms with Gasteiger partial charge in [-0.05, 0) is 12.1 Å². The molecule has 15 heavy (non-hydrogen) atoms. The van der Waals surface area contributed by atoms with E-state index in [1.807, 2.05) is 30.3 Å². The predicted octanol–water partition coefficient (Wildman–Crippen LogP) is 1.94. The van der Waals surface area contributed by atoms with Crippen molar-refractivity contribution in [2.24, 2.45) is 0 Å². The molecule has 1 saturated heterocycles. The van der Waals surface area contributed by atoms with Crippen LogP contribution in [0.15, 0.2) is 30.3 Å². The summed E-state index contributed by atoms with van der Waals surface area (Å²) in [6.07, 6.45) is -3.16. The summed E-state index contributed by atoms with van der Waals surface area (Å²) in [5, 5.41) is 1.47. The van der Waals surface area contributed by atoms with Gasteiger partial charge < -0.3 is 10.2 Å². The molecule has 0 aromatic heterocycles. The van der Waals surface area contributed by atoms with E-state index in [4.69, 9.17) is 0 Å². The average Bonchev–Trinajstić information content (AvgIpc) is 2.17. The standard InChI is InChI=1S/C10H12F2N2O/c11-9-6-14(7-10(12)15-9)13-8-4-2-1-3-5-8/h1-5,9-10,13H,6-7H2. The number of hydrogen-bond donors (Lipinski definition) is 1. The second kappa shape index (κ2) is 4.55. The summed E-state index contributed by atoms with van der Waals surface area (Å²) < 4.78 is 30.0. The number of rotatable bonds is 2. The first kappa shape index (κ1) is 10.3. The molecular formula is C10H12F2N2O. The summed E-state index contributed by atoms with van der Waals surface area (Å²) in [6.45, 7) is 0.0463. The van der Waals surface area contributed by atoms with Crippen LogP contribution in [0.25, 0.3) is 0 Å². The van der Waals surface area contributed by atoms with Gasteiger partial charge >= 0.3 is 0 Å². The fourth-order valence-corrected chi connectivity index (χ4v) is 1.45. The molecule has 2 rings (SSSR count). The lowest BCUT2D eigenvalue weighted by molar-refractivity contribution is -0.185. The molecule has 1 N–H and O–H groups in total. The number of para-hydroxylation sites is 1. The average molecular weight is 214 g/mol. The Bertz CT molecular complexity index is 300. The lowest BCUT2D eigenvalue weighted by atomic mass is 10.3. The Balaban J connectivity index is 1.94. The van der Waals surface area contributed by atoms with Gasteiger partial charge in [-0.3, -0.25) is 0 Å². The van der Waals surface area contributed by atoms with E-state index in [1.165, 1.54) is 5.01 Å². The molecule has 1 aliphatic rings. The molecule has 2 atom stereocenters. The van der Waals surface area contributed by atoms with Gasteiger partial charge in [-0.1, -0.05) is 18.2 Å². The van der Waals surface area contributed by atoms with E-state index in [-0.39, 0.29) is 13.1 Å². The fourth-order valence-electron chi connectivity index (χ4n) is 1.45. The van der Waals surface area contributed by atoms with Crippen molar-refractivity contribution in [2.75, 3.05) is 18.5 Å². The lowest BCUT2D eigenvalue weighted by Crippen LogP contribution is -2.47. The molecule has 0 bridgehead atoms. The molecule has 3 nitrogen and oxygen atoms in total. The van der Waals surface area contributed by atoms with Crippen LogP contribution in [0.2, 0.25) is 0 Å². The Kier molecular flexibility index (Phi) is 3.13. The zero-order chi connectivity index (χ0) is 10.7. The van der Waals surface area contributed by atoms with E-state index in [0.29, 0.717) is 0 Å². The summed E-state index contributed by atoms with van der Waals surface area (Å²) in [6, 6.07) is 9.23. The molecule has 0 amide bonds. The van der Waals surface area contributed by atoms with Gasteiger partial charge in [-0.25, -0.2) is 13.8 Å². The third kappa shape index (κ3) is 2.87. The molecule has 1 aromatic rings. The maximum absolute atomic E-state index is 12.8. The number of hydrogen-bond acceptors (Lipinski definition) is 3. The second-order valence-corrected chi connectivity index (χ2v) is 3.34. The number of nitrogens with one attached hydrogen (secondary N) is 1. The SMILES string of the molecule is FC1CN(Nc2ccccc2)CC(F)O1. The second-order valence-electron chi connectivity index (χ2n) is 3.34. The Morgan fingerprint density at radius 3 is 2.33 bits per heavy atom. The summed E-state index contributed by atoms with van der Waals surface area (Å²) in [4.78, 5) is 0. The van der Waals surface area contributed by atoms with Gasteiger partial charge in [0.1, 0.15) is 0 Å². The molecule has 82 valence electrons. The highest BCUT2D eigenvalue weighted by Gasteiger charge is 2.27. The minimum Gasteiger partial charge on any atom is -0.319 e. The van der Waals surface area contributed by atoms with E-state index >= 15 is 0 Å². The van der Waals surface area contributed by atoms with Crippen molar-refractivity contribution >= 4 is 5.69 Å². The number of nitrogens with zero attached hydrogens (tertiary/aromatic N) is 1. The quantitative estimate of drug-likeness (QED) is 0.814. The van der Waals surface area contributed by atoms with Crippen molar-refractivity contribution < 1.29 is 13.5 Å². The highest BCUT2D eigenvalue weighted by molar-refractivity contribution is 5.41. The minimum atomic E-state index is -1.58. The van der Waals surface area contributed by atoms with E-state index < -0.39 is 12.7 Å². The monoisotopic (exact) mass is 214 g/mol. The molecule has 1 aliphatic heterocycles. The van der Waals surface area contributed by atoms with Crippen LogP contribution in [0, 0.1) is 0 Å². The van der Waals surface area contributed by atoms with Gasteiger partial charge in [0, 0.05) is 5.69 Å². The van der Waals surface area contributed by atoms with Gasteiger partial charge in [-0.2, -0.15) is 0 Å². The highest BCUT2D eigenvalue weighted by atomic mass is 19.2. The zero-order valence-corrected chi connectivity index (χ0v) is 8.07. The number of halogens is 2. The van der Waals surface area contributed by atoms with Crippen molar-refractivity contribution in [3.8, 4) is 0 Å². The maximum Gasteiger partial charge on any atom is 0.216 e. The number of ether oxygens (including phenoxy) is 1. The van der Waals surface area contributed by atoms with Crippen LogP contribution in [0.4, 0.5) is 14.5 Å². The molecule has 2 unspecified atom stereocenters. The lowest BCUT2D eigenvalue weighted by Gasteiger charge is -2.31. The van der Waals surface area contributed by atoms with Crippen molar-refractivity contribution in [3.63, 3.8) is 0 Å². The van der Waals surface area contributed by atoms with Gasteiger partial charge in [-0.15, -0.1) is 0 Å². The van der Waals surface area contributed by atoms with Gasteiger partial charge in [0.05, 0.1) is 13.1 Å². The van der Waals surface area contributed by atoms with E-state index in [9.17, 15) is 8.78 Å². The minimum absolute atomic E-state index is 0.0231. The van der Waals surface area contributed by atoms with Crippen LogP contribution in [0.3, 0.4) is 0 Å². The molecule has 1 fully saturated rings. The van der Waals surface area contributed by atoms with Crippen LogP contribution < -0.4 is 5.43 Å². The van der Waals surface area contributed by atoms with Gasteiger partial charge in [0.2, 0.25) is 12.7 Å². The first-order chi connectivity index (χ1) is 7.24. The Morgan fingerprint density at radius 2 is 1.73 bits per heavy atom. The molecule has 0 spiro atoms. The first-order valence-electron chi connectivity index (χ1n) is 4.74. The molecule has 5 heteroatoms. The van der Waals surface area contributed by atoms with Crippen LogP contribution >= 0.6 is 0 Å². The summed E-state index contributed by atoms with van der Waals surface area (Å²) >= 11 is 0. The van der Waals surface area contributed by atoms with E-state index in [0.717, 1.165) is 5.69 Å². The van der Waals surface area contributed by atoms with E-state index in [2.05, 4.69) is 10.2 Å². The smallest absolute Gasteiger partial charge is 0.216 e. The van der Waals surface area contributed by atoms with Crippen LogP contribution in [-0.4, -0.2) is 30.8 Å². The summed E-state index contributed by atoms with van der Waals surface area (Å²) in [5.74, 6) is 0. The number of anilines is 1. The third-order valence-corrected chi connectivity index (χ3v) is 2.08. The van der Waals surface area contributed by atoms with Crippen molar-refractivity contribution in [3.05, 3.63) is 30.3 Å². The normalized spacial score (nSPS) is 27.6. The third-order valence-electron chi connectivity index (χ3n) is 2.08. The molecule has 0 saturated carbocycles. The molecular weight excluding hydrogens is 202 g/mol. The number of benzene rings is 1. The Labute approximate surface area is 86.6 Å². The Morgan fingerprint density at radius 1 is 1.13 bits per heavy atom. The molecule has 1 aromatic carbocycles. The van der Waals surface area contributed by atoms with Crippen LogP contribution in [-0.2, 0) is 4.74 Å². The number of alkyl halides is 2. The highest BCUT2D eigenvalue weighted by Crippen LogP contribution is 2.15. The number of hydrazine groups is 1. The van der Waals surface area contributed by atoms with Crippen LogP contribution in [0.1, 0.15) is 0 Å². The van der Waals surface area contributed by atoms with Crippen molar-refractivity contribution in [1.82, 2.24) is 5.01 Å². The molecule has 0 aliphatic carbocycles. The fraction of sp³-hybridized carbons (Fsp3) is 0.400. The van der Waals surface area contributed by atoms with Gasteiger partial charge in [0.25, 0.3) is 0 Å².